The molecule has 1 aromatic rings. The number of nitrogens with zero attached hydrogens (tertiary/aromatic N) is 3. The fourth-order valence-electron chi connectivity index (χ4n) is 5.93. The number of halogens is 1. The summed E-state index contributed by atoms with van der Waals surface area (Å²) in [6.45, 7) is 12.5. The number of hydrogen-bond acceptors (Lipinski definition) is 8. The number of cyclic esters (lactones) is 1. The van der Waals surface area contributed by atoms with E-state index in [-0.39, 0.29) is 36.2 Å². The van der Waals surface area contributed by atoms with E-state index in [1.54, 1.807) is 4.90 Å². The Morgan fingerprint density at radius 1 is 1.07 bits per heavy atom. The van der Waals surface area contributed by atoms with Crippen LogP contribution in [0, 0.1) is 17.7 Å². The lowest BCUT2D eigenvalue weighted by Gasteiger charge is -2.35. The van der Waals surface area contributed by atoms with Crippen LogP contribution in [0.3, 0.4) is 0 Å². The van der Waals surface area contributed by atoms with Gasteiger partial charge < -0.3 is 34.0 Å². The van der Waals surface area contributed by atoms with Gasteiger partial charge in [-0.3, -0.25) is 4.79 Å². The lowest BCUT2D eigenvalue weighted by Crippen LogP contribution is -2.48. The number of ether oxygens (including phenoxy) is 3. The van der Waals surface area contributed by atoms with E-state index in [2.05, 4.69) is 9.80 Å². The molecule has 6 atom stereocenters. The van der Waals surface area contributed by atoms with Crippen LogP contribution in [0.15, 0.2) is 35.9 Å². The van der Waals surface area contributed by atoms with Crippen molar-refractivity contribution in [1.82, 2.24) is 9.80 Å². The normalized spacial score (nSPS) is 31.0. The molecule has 0 radical (unpaired) electrons. The van der Waals surface area contributed by atoms with E-state index < -0.39 is 24.3 Å². The van der Waals surface area contributed by atoms with Crippen LogP contribution in [-0.4, -0.2) is 104 Å². The number of anilines is 1. The zero-order valence-electron chi connectivity index (χ0n) is 26.2. The van der Waals surface area contributed by atoms with Crippen LogP contribution in [-0.2, 0) is 19.0 Å². The molecule has 2 fully saturated rings. The molecule has 1 amide bonds. The number of rotatable bonds is 4. The molecular weight excluding hydrogens is 553 g/mol. The third-order valence-corrected chi connectivity index (χ3v) is 8.70. The number of aliphatic hydroxyl groups excluding tert-OH is 1. The average Bonchev–Trinajstić information content (AvgIpc) is 2.96. The Labute approximate surface area is 255 Å². The maximum absolute atomic E-state index is 14.8. The summed E-state index contributed by atoms with van der Waals surface area (Å²) in [5.41, 5.74) is 2.18. The second-order valence-electron chi connectivity index (χ2n) is 12.5. The van der Waals surface area contributed by atoms with Gasteiger partial charge in [0.2, 0.25) is 0 Å². The molecule has 43 heavy (non-hydrogen) atoms. The van der Waals surface area contributed by atoms with Gasteiger partial charge in [0.1, 0.15) is 18.0 Å². The number of esters is 1. The van der Waals surface area contributed by atoms with E-state index in [0.717, 1.165) is 24.4 Å². The van der Waals surface area contributed by atoms with Crippen molar-refractivity contribution >= 4 is 23.8 Å². The molecule has 4 rings (SSSR count). The molecule has 0 unspecified atom stereocenters. The van der Waals surface area contributed by atoms with Crippen molar-refractivity contribution in [2.24, 2.45) is 11.8 Å². The molecule has 0 spiro atoms. The van der Waals surface area contributed by atoms with Crippen LogP contribution in [0.1, 0.15) is 52.5 Å². The minimum atomic E-state index is -0.867. The molecule has 0 aliphatic carbocycles. The Bertz CT molecular complexity index is 1170. The summed E-state index contributed by atoms with van der Waals surface area (Å²) in [6.07, 6.45) is 4.13. The molecule has 1 aromatic carbocycles. The number of piperazine rings is 1. The van der Waals surface area contributed by atoms with Crippen molar-refractivity contribution in [3.05, 3.63) is 47.3 Å². The predicted octanol–water partition coefficient (Wildman–Crippen LogP) is 4.49. The van der Waals surface area contributed by atoms with Gasteiger partial charge in [-0.2, -0.15) is 0 Å². The third kappa shape index (κ3) is 9.27. The highest BCUT2D eigenvalue weighted by Gasteiger charge is 2.29. The quantitative estimate of drug-likeness (QED) is 0.399. The fraction of sp³-hybridized carbons (Fsp3) is 0.636. The number of aliphatic hydroxyl groups is 1. The number of carbonyl (C=O) groups is 2. The summed E-state index contributed by atoms with van der Waals surface area (Å²) in [6, 6.07) is 5.06. The smallest absolute Gasteiger partial charge is 0.410 e. The molecule has 1 N–H and O–H groups in total. The van der Waals surface area contributed by atoms with Crippen molar-refractivity contribution in [1.29, 1.82) is 0 Å². The molecule has 2 saturated heterocycles. The lowest BCUT2D eigenvalue weighted by atomic mass is 9.91. The van der Waals surface area contributed by atoms with Gasteiger partial charge in [-0.25, -0.2) is 9.18 Å². The van der Waals surface area contributed by atoms with E-state index >= 15 is 0 Å². The first kappa shape index (κ1) is 33.0. The summed E-state index contributed by atoms with van der Waals surface area (Å²) >= 11 is 0. The first-order chi connectivity index (χ1) is 20.5. The van der Waals surface area contributed by atoms with Crippen LogP contribution in [0.5, 0.6) is 0 Å². The summed E-state index contributed by atoms with van der Waals surface area (Å²) in [7, 11) is 2.03. The third-order valence-electron chi connectivity index (χ3n) is 8.70. The zero-order chi connectivity index (χ0) is 31.1. The van der Waals surface area contributed by atoms with Gasteiger partial charge in [-0.05, 0) is 75.1 Å². The number of morpholine rings is 1. The summed E-state index contributed by atoms with van der Waals surface area (Å²) in [4.78, 5) is 31.9. The van der Waals surface area contributed by atoms with E-state index in [1.165, 1.54) is 12.1 Å². The van der Waals surface area contributed by atoms with Gasteiger partial charge in [0.05, 0.1) is 25.7 Å². The van der Waals surface area contributed by atoms with E-state index in [1.807, 2.05) is 59.0 Å². The average molecular weight is 602 g/mol. The molecule has 238 valence electrons. The number of benzene rings is 1. The first-order valence-corrected chi connectivity index (χ1v) is 15.5. The van der Waals surface area contributed by atoms with E-state index in [9.17, 15) is 19.1 Å². The highest BCUT2D eigenvalue weighted by molar-refractivity contribution is 5.71. The van der Waals surface area contributed by atoms with Crippen LogP contribution >= 0.6 is 0 Å². The summed E-state index contributed by atoms with van der Waals surface area (Å²) in [5, 5.41) is 10.6. The largest absolute Gasteiger partial charge is 0.457 e. The Balaban J connectivity index is 1.57. The molecule has 0 aromatic heterocycles. The lowest BCUT2D eigenvalue weighted by molar-refractivity contribution is -0.151. The monoisotopic (exact) mass is 601 g/mol. The molecule has 9 nitrogen and oxygen atoms in total. The molecule has 3 heterocycles. The Hall–Kier alpha value is -2.95. The second kappa shape index (κ2) is 15.2. The van der Waals surface area contributed by atoms with Crippen molar-refractivity contribution in [2.45, 2.75) is 71.3 Å². The SMILES string of the molecule is C/C(=C\c1cc(F)cc(N2CCOC[C@@H]2C)c1)[C@H]1OC(=O)C[C@@H](O)CC[C@@H](C)[C@@H](OC(=O)N2CCN(C)CC2)/C=C/[C@@H]1C. The Kier molecular flexibility index (Phi) is 11.6. The number of likely N-dealkylation sites (N-methyl/N-ethyl adjacent to an activating group) is 1. The highest BCUT2D eigenvalue weighted by atomic mass is 19.1. The van der Waals surface area contributed by atoms with Crippen molar-refractivity contribution in [2.75, 3.05) is 57.9 Å². The molecule has 0 saturated carbocycles. The standard InChI is InChI=1S/C33H48FN3O6/c1-22-6-8-29(38)20-31(39)43-32(23(2)7-9-30(22)42-33(40)36-12-10-35(5)11-13-36)24(3)16-26-17-27(34)19-28(18-26)37-14-15-41-21-25(37)4/h7,9,16-19,22-23,25,29-30,32,38H,6,8,10-15,20-21H2,1-5H3/b9-7+,24-16+/t22-,23+,25+,29+,30+,32+/m1/s1. The van der Waals surface area contributed by atoms with Gasteiger partial charge in [0.15, 0.2) is 0 Å². The molecule has 3 aliphatic rings. The van der Waals surface area contributed by atoms with Crippen molar-refractivity contribution in [3.63, 3.8) is 0 Å². The molecular formula is C33H48FN3O6. The van der Waals surface area contributed by atoms with Crippen molar-refractivity contribution in [3.8, 4) is 0 Å². The van der Waals surface area contributed by atoms with Gasteiger partial charge >= 0.3 is 12.1 Å². The van der Waals surface area contributed by atoms with Gasteiger partial charge in [0.25, 0.3) is 0 Å². The summed E-state index contributed by atoms with van der Waals surface area (Å²) in [5.74, 6) is -1.17. The Morgan fingerprint density at radius 2 is 1.81 bits per heavy atom. The maximum atomic E-state index is 14.8. The number of carbonyl (C=O) groups excluding carboxylic acids is 2. The van der Waals surface area contributed by atoms with Gasteiger partial charge in [0, 0.05) is 50.4 Å². The second-order valence-corrected chi connectivity index (χ2v) is 12.5. The molecule has 3 aliphatic heterocycles. The number of hydrogen-bond donors (Lipinski definition) is 1. The van der Waals surface area contributed by atoms with Crippen LogP contribution in [0.25, 0.3) is 6.08 Å². The van der Waals surface area contributed by atoms with E-state index in [0.29, 0.717) is 51.3 Å². The van der Waals surface area contributed by atoms with Gasteiger partial charge in [-0.1, -0.05) is 26.0 Å². The van der Waals surface area contributed by atoms with Crippen molar-refractivity contribution < 1.29 is 33.3 Å². The molecule has 10 heteroatoms. The topological polar surface area (TPSA) is 91.8 Å². The zero-order valence-corrected chi connectivity index (χ0v) is 26.2. The van der Waals surface area contributed by atoms with Crippen LogP contribution in [0.2, 0.25) is 0 Å². The number of amides is 1. The van der Waals surface area contributed by atoms with E-state index in [4.69, 9.17) is 14.2 Å². The fourth-order valence-corrected chi connectivity index (χ4v) is 5.93. The molecule has 0 bridgehead atoms. The summed E-state index contributed by atoms with van der Waals surface area (Å²) < 4.78 is 32.2. The maximum Gasteiger partial charge on any atom is 0.410 e. The van der Waals surface area contributed by atoms with Gasteiger partial charge in [-0.15, -0.1) is 0 Å². The van der Waals surface area contributed by atoms with Crippen LogP contribution in [0.4, 0.5) is 14.9 Å². The first-order valence-electron chi connectivity index (χ1n) is 15.5. The predicted molar refractivity (Wildman–Crippen MR) is 164 cm³/mol. The minimum absolute atomic E-state index is 0.0617. The van der Waals surface area contributed by atoms with Crippen LogP contribution < -0.4 is 4.90 Å². The Morgan fingerprint density at radius 3 is 2.53 bits per heavy atom. The minimum Gasteiger partial charge on any atom is -0.457 e. The highest BCUT2D eigenvalue weighted by Crippen LogP contribution is 2.28.